The summed E-state index contributed by atoms with van der Waals surface area (Å²) in [5.74, 6) is 0.417. The van der Waals surface area contributed by atoms with Crippen molar-refractivity contribution in [2.75, 3.05) is 53.6 Å². The maximum Gasteiger partial charge on any atom is 0.0969 e. The first-order valence-electron chi connectivity index (χ1n) is 7.05. The average molecular weight is 301 g/mol. The molecule has 0 amide bonds. The van der Waals surface area contributed by atoms with Crippen molar-refractivity contribution in [2.45, 2.75) is 19.3 Å². The summed E-state index contributed by atoms with van der Waals surface area (Å²) < 4.78 is 10.3. The number of hydrogen-bond donors (Lipinski definition) is 1. The topological polar surface area (TPSA) is 60.6 Å². The normalized spacial score (nSPS) is 13.1. The smallest absolute Gasteiger partial charge is 0.0969 e. The summed E-state index contributed by atoms with van der Waals surface area (Å²) in [5.41, 5.74) is 6.68. The molecule has 1 heterocycles. The molecule has 0 aromatic carbocycles. The van der Waals surface area contributed by atoms with Gasteiger partial charge in [0.05, 0.1) is 23.9 Å². The van der Waals surface area contributed by atoms with E-state index < -0.39 is 0 Å². The third-order valence-corrected chi connectivity index (χ3v) is 4.27. The van der Waals surface area contributed by atoms with Crippen LogP contribution < -0.4 is 5.73 Å². The third-order valence-electron chi connectivity index (χ3n) is 3.15. The van der Waals surface area contributed by atoms with Gasteiger partial charge in [-0.3, -0.25) is 4.90 Å². The molecule has 0 fully saturated rings. The third kappa shape index (κ3) is 6.28. The number of aromatic nitrogens is 1. The lowest BCUT2D eigenvalue weighted by Crippen LogP contribution is -2.33. The van der Waals surface area contributed by atoms with Gasteiger partial charge in [0.15, 0.2) is 0 Å². The van der Waals surface area contributed by atoms with E-state index in [1.54, 1.807) is 25.6 Å². The zero-order chi connectivity index (χ0) is 14.8. The quantitative estimate of drug-likeness (QED) is 0.668. The molecule has 0 saturated heterocycles. The Morgan fingerprint density at radius 2 is 1.95 bits per heavy atom. The van der Waals surface area contributed by atoms with Crippen LogP contribution in [0.1, 0.15) is 23.5 Å². The summed E-state index contributed by atoms with van der Waals surface area (Å²) in [5, 5.41) is 3.31. The van der Waals surface area contributed by atoms with Gasteiger partial charge in [0.1, 0.15) is 0 Å². The molecule has 20 heavy (non-hydrogen) atoms. The summed E-state index contributed by atoms with van der Waals surface area (Å²) >= 11 is 1.73. The molecular formula is C14H27N3O2S. The van der Waals surface area contributed by atoms with Gasteiger partial charge in [0, 0.05) is 51.6 Å². The second kappa shape index (κ2) is 10.2. The zero-order valence-electron chi connectivity index (χ0n) is 12.8. The maximum atomic E-state index is 5.56. The van der Waals surface area contributed by atoms with E-state index in [9.17, 15) is 0 Å². The molecule has 1 aromatic heterocycles. The van der Waals surface area contributed by atoms with E-state index >= 15 is 0 Å². The van der Waals surface area contributed by atoms with Crippen molar-refractivity contribution >= 4 is 11.3 Å². The van der Waals surface area contributed by atoms with Crippen LogP contribution in [0.3, 0.4) is 0 Å². The lowest BCUT2D eigenvalue weighted by molar-refractivity contribution is 0.111. The van der Waals surface area contributed by atoms with E-state index in [2.05, 4.69) is 22.2 Å². The molecule has 6 heteroatoms. The molecule has 116 valence electrons. The van der Waals surface area contributed by atoms with Gasteiger partial charge in [0.2, 0.25) is 0 Å². The molecule has 5 nitrogen and oxygen atoms in total. The number of rotatable bonds is 11. The van der Waals surface area contributed by atoms with Gasteiger partial charge in [-0.15, -0.1) is 11.3 Å². The predicted octanol–water partition coefficient (Wildman–Crippen LogP) is 1.34. The highest BCUT2D eigenvalue weighted by Crippen LogP contribution is 2.21. The average Bonchev–Trinajstić information content (AvgIpc) is 2.91. The Morgan fingerprint density at radius 3 is 2.50 bits per heavy atom. The first-order chi connectivity index (χ1) is 9.71. The lowest BCUT2D eigenvalue weighted by Gasteiger charge is -2.24. The molecule has 0 spiro atoms. The largest absolute Gasteiger partial charge is 0.383 e. The Labute approximate surface area is 126 Å². The van der Waals surface area contributed by atoms with Gasteiger partial charge in [0.25, 0.3) is 0 Å². The summed E-state index contributed by atoms with van der Waals surface area (Å²) in [7, 11) is 3.47. The van der Waals surface area contributed by atoms with Gasteiger partial charge in [-0.25, -0.2) is 4.98 Å². The fraction of sp³-hybridized carbons (Fsp3) is 0.786. The van der Waals surface area contributed by atoms with E-state index in [1.165, 1.54) is 5.01 Å². The first kappa shape index (κ1) is 17.5. The Kier molecular flexibility index (Phi) is 8.97. The minimum Gasteiger partial charge on any atom is -0.383 e. The fourth-order valence-electron chi connectivity index (χ4n) is 2.01. The minimum absolute atomic E-state index is 0.417. The Hall–Kier alpha value is -0.530. The summed E-state index contributed by atoms with van der Waals surface area (Å²) in [6, 6.07) is 0. The van der Waals surface area contributed by atoms with Crippen molar-refractivity contribution in [3.8, 4) is 0 Å². The summed E-state index contributed by atoms with van der Waals surface area (Å²) in [6.45, 7) is 7.18. The lowest BCUT2D eigenvalue weighted by atomic mass is 10.2. The van der Waals surface area contributed by atoms with Crippen LogP contribution in [-0.4, -0.2) is 63.5 Å². The molecule has 0 aliphatic heterocycles. The number of thiazole rings is 1. The molecule has 0 aliphatic rings. The van der Waals surface area contributed by atoms with Crippen molar-refractivity contribution in [3.63, 3.8) is 0 Å². The van der Waals surface area contributed by atoms with Crippen LogP contribution >= 0.6 is 11.3 Å². The Bertz CT molecular complexity index is 352. The number of methoxy groups -OCH3 is 2. The van der Waals surface area contributed by atoms with Gasteiger partial charge in [-0.05, 0) is 6.54 Å². The minimum atomic E-state index is 0.417. The molecule has 0 radical (unpaired) electrons. The highest BCUT2D eigenvalue weighted by Gasteiger charge is 2.15. The first-order valence-corrected chi connectivity index (χ1v) is 7.93. The van der Waals surface area contributed by atoms with Crippen LogP contribution in [0.4, 0.5) is 0 Å². The van der Waals surface area contributed by atoms with E-state index in [0.29, 0.717) is 12.5 Å². The number of hydrogen-bond acceptors (Lipinski definition) is 6. The summed E-state index contributed by atoms with van der Waals surface area (Å²) in [6.07, 6.45) is 0.861. The molecular weight excluding hydrogens is 274 g/mol. The SMILES string of the molecule is COCCN(CCOC)CC(C)c1nc(CCN)cs1. The Morgan fingerprint density at radius 1 is 1.30 bits per heavy atom. The van der Waals surface area contributed by atoms with Crippen molar-refractivity contribution < 1.29 is 9.47 Å². The van der Waals surface area contributed by atoms with Crippen LogP contribution in [0.25, 0.3) is 0 Å². The molecule has 1 rings (SSSR count). The van der Waals surface area contributed by atoms with Crippen molar-refractivity contribution in [2.24, 2.45) is 5.73 Å². The molecule has 0 bridgehead atoms. The van der Waals surface area contributed by atoms with Crippen molar-refractivity contribution in [1.82, 2.24) is 9.88 Å². The molecule has 2 N–H and O–H groups in total. The molecule has 0 aliphatic carbocycles. The zero-order valence-corrected chi connectivity index (χ0v) is 13.6. The van der Waals surface area contributed by atoms with E-state index in [-0.39, 0.29) is 0 Å². The molecule has 1 atom stereocenters. The fourth-order valence-corrected chi connectivity index (χ4v) is 2.92. The van der Waals surface area contributed by atoms with Gasteiger partial charge in [-0.2, -0.15) is 0 Å². The van der Waals surface area contributed by atoms with Crippen molar-refractivity contribution in [3.05, 3.63) is 16.1 Å². The van der Waals surface area contributed by atoms with E-state index in [4.69, 9.17) is 15.2 Å². The standard InChI is InChI=1S/C14H27N3O2S/c1-12(14-16-13(4-5-15)11-20-14)10-17(6-8-18-2)7-9-19-3/h11-12H,4-10,15H2,1-3H3. The monoisotopic (exact) mass is 301 g/mol. The van der Waals surface area contributed by atoms with E-state index in [0.717, 1.165) is 45.0 Å². The predicted molar refractivity (Wildman–Crippen MR) is 83.5 cm³/mol. The number of ether oxygens (including phenoxy) is 2. The van der Waals surface area contributed by atoms with Crippen LogP contribution in [0, 0.1) is 0 Å². The van der Waals surface area contributed by atoms with Gasteiger partial charge < -0.3 is 15.2 Å². The van der Waals surface area contributed by atoms with E-state index in [1.807, 2.05) is 0 Å². The summed E-state index contributed by atoms with van der Waals surface area (Å²) in [4.78, 5) is 7.03. The molecule has 0 saturated carbocycles. The molecule has 1 aromatic rings. The van der Waals surface area contributed by atoms with Crippen LogP contribution in [-0.2, 0) is 15.9 Å². The van der Waals surface area contributed by atoms with Crippen LogP contribution in [0.2, 0.25) is 0 Å². The number of nitrogens with two attached hydrogens (primary N) is 1. The second-order valence-electron chi connectivity index (χ2n) is 4.90. The van der Waals surface area contributed by atoms with Crippen LogP contribution in [0.5, 0.6) is 0 Å². The highest BCUT2D eigenvalue weighted by atomic mass is 32.1. The number of nitrogens with zero attached hydrogens (tertiary/aromatic N) is 2. The maximum absolute atomic E-state index is 5.56. The van der Waals surface area contributed by atoms with Gasteiger partial charge >= 0.3 is 0 Å². The molecule has 1 unspecified atom stereocenters. The van der Waals surface area contributed by atoms with Crippen molar-refractivity contribution in [1.29, 1.82) is 0 Å². The second-order valence-corrected chi connectivity index (χ2v) is 5.79. The Balaban J connectivity index is 2.51. The van der Waals surface area contributed by atoms with Crippen LogP contribution in [0.15, 0.2) is 5.38 Å². The highest BCUT2D eigenvalue weighted by molar-refractivity contribution is 7.09. The van der Waals surface area contributed by atoms with Gasteiger partial charge in [-0.1, -0.05) is 6.92 Å².